The van der Waals surface area contributed by atoms with E-state index in [0.717, 1.165) is 52.2 Å². The molecule has 0 aliphatic carbocycles. The fourth-order valence-electron chi connectivity index (χ4n) is 2.01. The molecule has 5 nitrogen and oxygen atoms in total. The van der Waals surface area contributed by atoms with E-state index in [1.54, 1.807) is 7.05 Å². The van der Waals surface area contributed by atoms with E-state index in [1.807, 2.05) is 0 Å². The van der Waals surface area contributed by atoms with E-state index in [2.05, 4.69) is 15.1 Å². The summed E-state index contributed by atoms with van der Waals surface area (Å²) >= 11 is 0. The van der Waals surface area contributed by atoms with Crippen LogP contribution in [0.2, 0.25) is 0 Å². The summed E-state index contributed by atoms with van der Waals surface area (Å²) in [6, 6.07) is 0. The number of nitrogens with zero attached hydrogens (tertiary/aromatic N) is 2. The van der Waals surface area contributed by atoms with Gasteiger partial charge in [0.15, 0.2) is 0 Å². The zero-order valence-corrected chi connectivity index (χ0v) is 10.2. The maximum Gasteiger partial charge on any atom is 0.219 e. The second-order valence-electron chi connectivity index (χ2n) is 4.25. The highest BCUT2D eigenvalue weighted by Crippen LogP contribution is 2.02. The molecule has 0 atom stereocenters. The molecule has 3 N–H and O–H groups in total. The first-order valence-corrected chi connectivity index (χ1v) is 6.11. The summed E-state index contributed by atoms with van der Waals surface area (Å²) in [5.41, 5.74) is 5.52. The lowest BCUT2D eigenvalue weighted by Crippen LogP contribution is -2.47. The zero-order valence-electron chi connectivity index (χ0n) is 10.2. The predicted octanol–water partition coefficient (Wildman–Crippen LogP) is -0.911. The van der Waals surface area contributed by atoms with E-state index in [4.69, 9.17) is 5.73 Å². The van der Waals surface area contributed by atoms with Gasteiger partial charge in [0.05, 0.1) is 0 Å². The van der Waals surface area contributed by atoms with E-state index in [9.17, 15) is 4.79 Å². The van der Waals surface area contributed by atoms with Crippen LogP contribution < -0.4 is 11.1 Å². The average Bonchev–Trinajstić information content (AvgIpc) is 2.31. The second kappa shape index (κ2) is 7.60. The van der Waals surface area contributed by atoms with Gasteiger partial charge in [0, 0.05) is 52.7 Å². The average molecular weight is 228 g/mol. The lowest BCUT2D eigenvalue weighted by Gasteiger charge is -2.34. The van der Waals surface area contributed by atoms with Gasteiger partial charge < -0.3 is 16.0 Å². The van der Waals surface area contributed by atoms with Crippen LogP contribution in [0.15, 0.2) is 0 Å². The first-order chi connectivity index (χ1) is 7.76. The van der Waals surface area contributed by atoms with Crippen molar-refractivity contribution in [2.75, 3.05) is 52.9 Å². The highest BCUT2D eigenvalue weighted by atomic mass is 16.1. The molecule has 1 rings (SSSR count). The topological polar surface area (TPSA) is 61.6 Å². The van der Waals surface area contributed by atoms with Gasteiger partial charge in [-0.3, -0.25) is 9.69 Å². The van der Waals surface area contributed by atoms with Crippen molar-refractivity contribution < 1.29 is 4.79 Å². The molecule has 0 bridgehead atoms. The molecule has 1 aliphatic heterocycles. The number of piperazine rings is 1. The summed E-state index contributed by atoms with van der Waals surface area (Å²) in [7, 11) is 1.69. The van der Waals surface area contributed by atoms with Crippen molar-refractivity contribution in [1.82, 2.24) is 15.1 Å². The molecule has 1 fully saturated rings. The van der Waals surface area contributed by atoms with Crippen molar-refractivity contribution in [2.24, 2.45) is 5.73 Å². The lowest BCUT2D eigenvalue weighted by molar-refractivity contribution is -0.120. The number of nitrogens with two attached hydrogens (primary N) is 1. The summed E-state index contributed by atoms with van der Waals surface area (Å²) in [6.07, 6.45) is 1.59. The SMILES string of the molecule is CNC(=O)CCCN1CCN(CCN)CC1. The highest BCUT2D eigenvalue weighted by molar-refractivity contribution is 5.75. The molecule has 0 spiro atoms. The highest BCUT2D eigenvalue weighted by Gasteiger charge is 2.15. The smallest absolute Gasteiger partial charge is 0.219 e. The van der Waals surface area contributed by atoms with Crippen molar-refractivity contribution in [2.45, 2.75) is 12.8 Å². The maximum absolute atomic E-state index is 11.0. The number of nitrogens with one attached hydrogen (secondary N) is 1. The second-order valence-corrected chi connectivity index (χ2v) is 4.25. The maximum atomic E-state index is 11.0. The number of hydrogen-bond donors (Lipinski definition) is 2. The largest absolute Gasteiger partial charge is 0.359 e. The number of carbonyl (C=O) groups excluding carboxylic acids is 1. The van der Waals surface area contributed by atoms with Gasteiger partial charge in [-0.25, -0.2) is 0 Å². The zero-order chi connectivity index (χ0) is 11.8. The van der Waals surface area contributed by atoms with Crippen LogP contribution in [0.4, 0.5) is 0 Å². The minimum Gasteiger partial charge on any atom is -0.359 e. The van der Waals surface area contributed by atoms with Crippen molar-refractivity contribution in [3.8, 4) is 0 Å². The number of hydrogen-bond acceptors (Lipinski definition) is 4. The first-order valence-electron chi connectivity index (χ1n) is 6.11. The molecule has 1 aliphatic rings. The summed E-state index contributed by atoms with van der Waals surface area (Å²) in [5.74, 6) is 0.141. The van der Waals surface area contributed by atoms with Crippen LogP contribution >= 0.6 is 0 Å². The standard InChI is InChI=1S/C11H24N4O/c1-13-11(16)3-2-5-14-7-9-15(6-4-12)10-8-14/h2-10,12H2,1H3,(H,13,16). The lowest BCUT2D eigenvalue weighted by atomic mass is 10.2. The number of rotatable bonds is 6. The minimum atomic E-state index is 0.141. The van der Waals surface area contributed by atoms with Crippen LogP contribution in [-0.4, -0.2) is 68.6 Å². The third-order valence-corrected chi connectivity index (χ3v) is 3.07. The molecular weight excluding hydrogens is 204 g/mol. The van der Waals surface area contributed by atoms with Crippen molar-refractivity contribution in [1.29, 1.82) is 0 Å². The molecule has 1 heterocycles. The van der Waals surface area contributed by atoms with Gasteiger partial charge in [-0.05, 0) is 13.0 Å². The van der Waals surface area contributed by atoms with E-state index in [0.29, 0.717) is 6.42 Å². The number of carbonyl (C=O) groups is 1. The van der Waals surface area contributed by atoms with Crippen molar-refractivity contribution >= 4 is 5.91 Å². The van der Waals surface area contributed by atoms with Crippen LogP contribution in [0.5, 0.6) is 0 Å². The third kappa shape index (κ3) is 4.92. The Kier molecular flexibility index (Phi) is 6.37. The molecule has 5 heteroatoms. The van der Waals surface area contributed by atoms with E-state index in [-0.39, 0.29) is 5.91 Å². The molecule has 0 saturated carbocycles. The summed E-state index contributed by atoms with van der Waals surface area (Å²) in [6.45, 7) is 7.21. The van der Waals surface area contributed by atoms with Gasteiger partial charge in [0.1, 0.15) is 0 Å². The molecular formula is C11H24N4O. The first kappa shape index (κ1) is 13.4. The van der Waals surface area contributed by atoms with Gasteiger partial charge >= 0.3 is 0 Å². The van der Waals surface area contributed by atoms with Gasteiger partial charge in [-0.1, -0.05) is 0 Å². The molecule has 0 aromatic rings. The predicted molar refractivity (Wildman–Crippen MR) is 65.2 cm³/mol. The van der Waals surface area contributed by atoms with Crippen LogP contribution in [0.3, 0.4) is 0 Å². The molecule has 0 unspecified atom stereocenters. The molecule has 0 aromatic carbocycles. The van der Waals surface area contributed by atoms with Crippen molar-refractivity contribution in [3.63, 3.8) is 0 Å². The van der Waals surface area contributed by atoms with Gasteiger partial charge in [-0.2, -0.15) is 0 Å². The Balaban J connectivity index is 2.06. The monoisotopic (exact) mass is 228 g/mol. The normalized spacial score (nSPS) is 18.6. The van der Waals surface area contributed by atoms with Crippen LogP contribution in [-0.2, 0) is 4.79 Å². The molecule has 0 aromatic heterocycles. The van der Waals surface area contributed by atoms with Crippen molar-refractivity contribution in [3.05, 3.63) is 0 Å². The fraction of sp³-hybridized carbons (Fsp3) is 0.909. The Morgan fingerprint density at radius 3 is 2.25 bits per heavy atom. The minimum absolute atomic E-state index is 0.141. The Labute approximate surface area is 98.0 Å². The molecule has 0 radical (unpaired) electrons. The fourth-order valence-corrected chi connectivity index (χ4v) is 2.01. The van der Waals surface area contributed by atoms with Gasteiger partial charge in [0.2, 0.25) is 5.91 Å². The van der Waals surface area contributed by atoms with Gasteiger partial charge in [-0.15, -0.1) is 0 Å². The van der Waals surface area contributed by atoms with E-state index >= 15 is 0 Å². The van der Waals surface area contributed by atoms with E-state index in [1.165, 1.54) is 0 Å². The van der Waals surface area contributed by atoms with Crippen LogP contribution in [0, 0.1) is 0 Å². The summed E-state index contributed by atoms with van der Waals surface area (Å²) in [4.78, 5) is 15.9. The Hall–Kier alpha value is -0.650. The molecule has 16 heavy (non-hydrogen) atoms. The van der Waals surface area contributed by atoms with Gasteiger partial charge in [0.25, 0.3) is 0 Å². The molecule has 94 valence electrons. The molecule has 1 saturated heterocycles. The molecule has 1 amide bonds. The Morgan fingerprint density at radius 2 is 1.75 bits per heavy atom. The number of amides is 1. The van der Waals surface area contributed by atoms with Crippen LogP contribution in [0.25, 0.3) is 0 Å². The summed E-state index contributed by atoms with van der Waals surface area (Å²) < 4.78 is 0. The Morgan fingerprint density at radius 1 is 1.19 bits per heavy atom. The van der Waals surface area contributed by atoms with E-state index < -0.39 is 0 Å². The third-order valence-electron chi connectivity index (χ3n) is 3.07. The summed E-state index contributed by atoms with van der Waals surface area (Å²) in [5, 5.41) is 2.65. The van der Waals surface area contributed by atoms with Crippen LogP contribution in [0.1, 0.15) is 12.8 Å². The quantitative estimate of drug-likeness (QED) is 0.618. The Bertz CT molecular complexity index is 202.